The molecular formula is C15H15N3O3S. The number of ketones is 1. The lowest BCUT2D eigenvalue weighted by Gasteiger charge is -2.28. The number of carbonyl (C=O) groups is 2. The first-order valence-electron chi connectivity index (χ1n) is 6.60. The third kappa shape index (κ3) is 3.12. The minimum atomic E-state index is -0.543. The summed E-state index contributed by atoms with van der Waals surface area (Å²) >= 11 is 1.10. The van der Waals surface area contributed by atoms with Crippen LogP contribution in [0.4, 0.5) is 0 Å². The van der Waals surface area contributed by atoms with Crippen molar-refractivity contribution in [3.8, 4) is 6.07 Å². The van der Waals surface area contributed by atoms with Crippen LogP contribution < -0.4 is 5.73 Å². The lowest BCUT2D eigenvalue weighted by atomic mass is 9.78. The molecule has 2 atom stereocenters. The Bertz CT molecular complexity index is 698. The quantitative estimate of drug-likeness (QED) is 0.893. The van der Waals surface area contributed by atoms with E-state index in [-0.39, 0.29) is 11.5 Å². The van der Waals surface area contributed by atoms with E-state index in [0.717, 1.165) is 11.8 Å². The summed E-state index contributed by atoms with van der Waals surface area (Å²) in [4.78, 5) is 27.3. The van der Waals surface area contributed by atoms with Gasteiger partial charge in [0.1, 0.15) is 16.6 Å². The van der Waals surface area contributed by atoms with Gasteiger partial charge in [-0.25, -0.2) is 4.99 Å². The number of allylic oxidation sites excluding steroid dienone is 1. The van der Waals surface area contributed by atoms with Crippen LogP contribution >= 0.6 is 11.8 Å². The average molecular weight is 317 g/mol. The smallest absolute Gasteiger partial charge is 0.227 e. The number of thioether (sulfide) groups is 1. The fraction of sp³-hybridized carbons (Fsp3) is 0.333. The van der Waals surface area contributed by atoms with Crippen LogP contribution in [0.25, 0.3) is 0 Å². The fourth-order valence-electron chi connectivity index (χ4n) is 2.50. The number of nitrogens with zero attached hydrogens (tertiary/aromatic N) is 2. The van der Waals surface area contributed by atoms with Crippen LogP contribution in [0.3, 0.4) is 0 Å². The standard InChI is InChI=1S/C15H15N3O3S/c1-8-13(9(2)19)14(11-4-3-5-21-11)10(6-16)15(18-8)22-7-12(17)20/h3-5,13-14H,7H2,1-2H3,(H2,17,20)/t13?,14-/m0/s1. The minimum absolute atomic E-state index is 0.0207. The third-order valence-electron chi connectivity index (χ3n) is 3.36. The minimum Gasteiger partial charge on any atom is -0.469 e. The maximum absolute atomic E-state index is 12.0. The largest absolute Gasteiger partial charge is 0.469 e. The van der Waals surface area contributed by atoms with Crippen molar-refractivity contribution in [2.75, 3.05) is 5.75 Å². The van der Waals surface area contributed by atoms with Crippen LogP contribution in [0, 0.1) is 17.2 Å². The Morgan fingerprint density at radius 3 is 2.77 bits per heavy atom. The summed E-state index contributed by atoms with van der Waals surface area (Å²) < 4.78 is 5.41. The Kier molecular flexibility index (Phi) is 4.83. The van der Waals surface area contributed by atoms with Crippen LogP contribution in [0.2, 0.25) is 0 Å². The topological polar surface area (TPSA) is 109 Å². The Hall–Kier alpha value is -2.33. The number of nitriles is 1. The number of primary amides is 1. The molecule has 2 N–H and O–H groups in total. The lowest BCUT2D eigenvalue weighted by molar-refractivity contribution is -0.119. The van der Waals surface area contributed by atoms with Crippen molar-refractivity contribution >= 4 is 29.2 Å². The Labute approximate surface area is 132 Å². The van der Waals surface area contributed by atoms with Gasteiger partial charge in [0.05, 0.1) is 35.5 Å². The number of hydrogen-bond acceptors (Lipinski definition) is 6. The molecule has 0 radical (unpaired) electrons. The number of hydrogen-bond donors (Lipinski definition) is 1. The summed E-state index contributed by atoms with van der Waals surface area (Å²) in [7, 11) is 0. The van der Waals surface area contributed by atoms with Gasteiger partial charge < -0.3 is 10.2 Å². The van der Waals surface area contributed by atoms with Crippen molar-refractivity contribution in [1.82, 2.24) is 0 Å². The predicted octanol–water partition coefficient (Wildman–Crippen LogP) is 2.00. The molecule has 0 saturated carbocycles. The molecule has 0 bridgehead atoms. The molecule has 1 aliphatic heterocycles. The van der Waals surface area contributed by atoms with E-state index >= 15 is 0 Å². The second kappa shape index (κ2) is 6.62. The van der Waals surface area contributed by atoms with Gasteiger partial charge in [-0.15, -0.1) is 0 Å². The monoisotopic (exact) mass is 317 g/mol. The van der Waals surface area contributed by atoms with Crippen LogP contribution in [-0.4, -0.2) is 23.2 Å². The third-order valence-corrected chi connectivity index (χ3v) is 4.38. The van der Waals surface area contributed by atoms with E-state index < -0.39 is 17.7 Å². The molecular weight excluding hydrogens is 302 g/mol. The summed E-state index contributed by atoms with van der Waals surface area (Å²) in [6.45, 7) is 3.21. The second-order valence-corrected chi connectivity index (χ2v) is 5.88. The van der Waals surface area contributed by atoms with Crippen molar-refractivity contribution in [2.45, 2.75) is 19.8 Å². The molecule has 0 saturated heterocycles. The molecule has 0 spiro atoms. The average Bonchev–Trinajstić information content (AvgIpc) is 2.97. The molecule has 0 aliphatic carbocycles. The van der Waals surface area contributed by atoms with E-state index in [9.17, 15) is 14.9 Å². The molecule has 2 rings (SSSR count). The van der Waals surface area contributed by atoms with E-state index in [0.29, 0.717) is 22.1 Å². The van der Waals surface area contributed by atoms with Crippen molar-refractivity contribution in [1.29, 1.82) is 5.26 Å². The predicted molar refractivity (Wildman–Crippen MR) is 83.0 cm³/mol. The number of amides is 1. The van der Waals surface area contributed by atoms with Gasteiger partial charge in [-0.05, 0) is 26.0 Å². The zero-order valence-corrected chi connectivity index (χ0v) is 13.0. The van der Waals surface area contributed by atoms with Crippen LogP contribution in [0.1, 0.15) is 25.5 Å². The number of rotatable bonds is 5. The first-order valence-corrected chi connectivity index (χ1v) is 7.58. The SMILES string of the molecule is CC(=O)C1C(C)=NC(SCC(N)=O)=C(C#N)[C@H]1c1ccco1. The van der Waals surface area contributed by atoms with Crippen LogP contribution in [0.15, 0.2) is 38.4 Å². The zero-order valence-electron chi connectivity index (χ0n) is 12.2. The maximum Gasteiger partial charge on any atom is 0.227 e. The highest BCUT2D eigenvalue weighted by Crippen LogP contribution is 2.42. The van der Waals surface area contributed by atoms with E-state index in [1.807, 2.05) is 0 Å². The highest BCUT2D eigenvalue weighted by molar-refractivity contribution is 8.03. The molecule has 1 aliphatic rings. The summed E-state index contributed by atoms with van der Waals surface area (Å²) in [5.41, 5.74) is 6.07. The molecule has 2 heterocycles. The molecule has 0 aromatic carbocycles. The fourth-order valence-corrected chi connectivity index (χ4v) is 3.32. The molecule has 1 aromatic heterocycles. The van der Waals surface area contributed by atoms with Gasteiger partial charge >= 0.3 is 0 Å². The normalized spacial score (nSPS) is 21.2. The van der Waals surface area contributed by atoms with Gasteiger partial charge in [0, 0.05) is 5.71 Å². The Morgan fingerprint density at radius 1 is 1.55 bits per heavy atom. The van der Waals surface area contributed by atoms with E-state index in [1.165, 1.54) is 13.2 Å². The molecule has 7 heteroatoms. The second-order valence-electron chi connectivity index (χ2n) is 4.92. The molecule has 22 heavy (non-hydrogen) atoms. The highest BCUT2D eigenvalue weighted by atomic mass is 32.2. The molecule has 1 aromatic rings. The van der Waals surface area contributed by atoms with Gasteiger partial charge in [-0.2, -0.15) is 5.26 Å². The molecule has 6 nitrogen and oxygen atoms in total. The van der Waals surface area contributed by atoms with Gasteiger partial charge in [0.25, 0.3) is 0 Å². The maximum atomic E-state index is 12.0. The number of carbonyl (C=O) groups excluding carboxylic acids is 2. The lowest BCUT2D eigenvalue weighted by Crippen LogP contribution is -2.31. The van der Waals surface area contributed by atoms with Crippen molar-refractivity contribution in [3.05, 3.63) is 34.8 Å². The molecule has 1 amide bonds. The Morgan fingerprint density at radius 2 is 2.27 bits per heavy atom. The summed E-state index contributed by atoms with van der Waals surface area (Å²) in [5, 5.41) is 9.94. The van der Waals surface area contributed by atoms with Gasteiger partial charge in [-0.3, -0.25) is 9.59 Å². The summed E-state index contributed by atoms with van der Waals surface area (Å²) in [6, 6.07) is 5.55. The first kappa shape index (κ1) is 16.0. The Balaban J connectivity index is 2.52. The molecule has 114 valence electrons. The zero-order chi connectivity index (χ0) is 16.3. The highest BCUT2D eigenvalue weighted by Gasteiger charge is 2.39. The first-order chi connectivity index (χ1) is 10.5. The van der Waals surface area contributed by atoms with E-state index in [1.54, 1.807) is 19.1 Å². The van der Waals surface area contributed by atoms with Crippen molar-refractivity contribution in [3.63, 3.8) is 0 Å². The van der Waals surface area contributed by atoms with Crippen molar-refractivity contribution < 1.29 is 14.0 Å². The van der Waals surface area contributed by atoms with Gasteiger partial charge in [0.2, 0.25) is 5.91 Å². The van der Waals surface area contributed by atoms with E-state index in [4.69, 9.17) is 10.2 Å². The summed E-state index contributed by atoms with van der Waals surface area (Å²) in [5.74, 6) is -1.10. The summed E-state index contributed by atoms with van der Waals surface area (Å²) in [6.07, 6.45) is 1.50. The van der Waals surface area contributed by atoms with E-state index in [2.05, 4.69) is 11.1 Å². The van der Waals surface area contributed by atoms with Crippen molar-refractivity contribution in [2.24, 2.45) is 16.6 Å². The van der Waals surface area contributed by atoms with Crippen LogP contribution in [-0.2, 0) is 9.59 Å². The molecule has 1 unspecified atom stereocenters. The number of nitrogens with two attached hydrogens (primary N) is 1. The number of aliphatic imine (C=N–C) groups is 1. The van der Waals surface area contributed by atoms with Gasteiger partial charge in [-0.1, -0.05) is 11.8 Å². The number of Topliss-reactive ketones (excluding diaryl/α,β-unsaturated/α-hetero) is 1. The molecule has 0 fully saturated rings. The van der Waals surface area contributed by atoms with Gasteiger partial charge in [0.15, 0.2) is 0 Å². The number of furan rings is 1. The van der Waals surface area contributed by atoms with Crippen LogP contribution in [0.5, 0.6) is 0 Å².